The molecule has 3 aromatic rings. The third-order valence-corrected chi connectivity index (χ3v) is 7.91. The van der Waals surface area contributed by atoms with Gasteiger partial charge in [0, 0.05) is 15.8 Å². The zero-order valence-electron chi connectivity index (χ0n) is 18.3. The van der Waals surface area contributed by atoms with Gasteiger partial charge in [-0.25, -0.2) is 4.98 Å². The molecule has 2 aromatic heterocycles. The third-order valence-electron chi connectivity index (χ3n) is 5.93. The molecule has 2 amide bonds. The number of aryl methyl sites for hydroxylation is 2. The third kappa shape index (κ3) is 3.90. The fraction of sp³-hybridized carbons (Fsp3) is 0.333. The Kier molecular flexibility index (Phi) is 5.64. The summed E-state index contributed by atoms with van der Waals surface area (Å²) in [7, 11) is 0. The number of carbonyl (C=O) groups is 2. The number of amides is 2. The SMILES string of the molecule is CCC1Oc2ccc(-c3csc(C)n3)cc2N(CC(=O)Nc2sc3c(c2C#N)CCC3)C1=O. The minimum atomic E-state index is -0.641. The predicted molar refractivity (Wildman–Crippen MR) is 129 cm³/mol. The second kappa shape index (κ2) is 8.61. The number of hydrogen-bond acceptors (Lipinski definition) is 7. The van der Waals surface area contributed by atoms with Gasteiger partial charge in [0.15, 0.2) is 6.10 Å². The van der Waals surface area contributed by atoms with Gasteiger partial charge in [0.2, 0.25) is 5.91 Å². The number of benzene rings is 1. The molecule has 0 radical (unpaired) electrons. The van der Waals surface area contributed by atoms with E-state index in [9.17, 15) is 14.9 Å². The molecule has 9 heteroatoms. The quantitative estimate of drug-likeness (QED) is 0.574. The van der Waals surface area contributed by atoms with Crippen LogP contribution in [-0.2, 0) is 22.4 Å². The molecule has 1 N–H and O–H groups in total. The van der Waals surface area contributed by atoms with Crippen molar-refractivity contribution in [1.82, 2.24) is 4.98 Å². The van der Waals surface area contributed by atoms with E-state index in [0.717, 1.165) is 41.1 Å². The van der Waals surface area contributed by atoms with Gasteiger partial charge in [0.1, 0.15) is 23.4 Å². The Hall–Kier alpha value is -3.22. The van der Waals surface area contributed by atoms with Gasteiger partial charge in [-0.05, 0) is 56.4 Å². The molecule has 1 aliphatic carbocycles. The van der Waals surface area contributed by atoms with Crippen LogP contribution in [0, 0.1) is 18.3 Å². The predicted octanol–water partition coefficient (Wildman–Crippen LogP) is 4.68. The topological polar surface area (TPSA) is 95.3 Å². The van der Waals surface area contributed by atoms with Gasteiger partial charge in [0.05, 0.1) is 22.0 Å². The van der Waals surface area contributed by atoms with Gasteiger partial charge < -0.3 is 10.1 Å². The standard InChI is InChI=1S/C24H22N4O3S2/c1-3-19-24(30)28(11-22(29)27-23-16(10-25)15-5-4-6-21(15)33-23)18-9-14(7-8-20(18)31-19)17-12-32-13(2)26-17/h7-9,12,19H,3-6,11H2,1-2H3,(H,27,29). The average Bonchev–Trinajstić information content (AvgIpc) is 3.51. The summed E-state index contributed by atoms with van der Waals surface area (Å²) >= 11 is 3.02. The summed E-state index contributed by atoms with van der Waals surface area (Å²) < 4.78 is 5.92. The number of ether oxygens (including phenoxy) is 1. The molecule has 3 heterocycles. The van der Waals surface area contributed by atoms with Crippen molar-refractivity contribution >= 4 is 45.2 Å². The number of rotatable bonds is 5. The van der Waals surface area contributed by atoms with Gasteiger partial charge in [-0.3, -0.25) is 14.5 Å². The number of nitriles is 1. The monoisotopic (exact) mass is 478 g/mol. The fourth-order valence-corrected chi connectivity index (χ4v) is 6.20. The normalized spacial score (nSPS) is 16.7. The zero-order chi connectivity index (χ0) is 23.1. The van der Waals surface area contributed by atoms with E-state index < -0.39 is 6.10 Å². The molecule has 0 fully saturated rings. The molecule has 1 atom stereocenters. The van der Waals surface area contributed by atoms with E-state index >= 15 is 0 Å². The smallest absolute Gasteiger partial charge is 0.268 e. The van der Waals surface area contributed by atoms with Crippen LogP contribution in [0.3, 0.4) is 0 Å². The van der Waals surface area contributed by atoms with E-state index in [2.05, 4.69) is 16.4 Å². The molecular weight excluding hydrogens is 456 g/mol. The summed E-state index contributed by atoms with van der Waals surface area (Å²) in [5, 5.41) is 16.0. The number of carbonyl (C=O) groups excluding carboxylic acids is 2. The molecule has 1 aliphatic heterocycles. The van der Waals surface area contributed by atoms with Gasteiger partial charge >= 0.3 is 0 Å². The van der Waals surface area contributed by atoms with Gasteiger partial charge in [0.25, 0.3) is 5.91 Å². The Balaban J connectivity index is 1.44. The van der Waals surface area contributed by atoms with E-state index in [1.807, 2.05) is 37.4 Å². The molecule has 1 unspecified atom stereocenters. The second-order valence-electron chi connectivity index (χ2n) is 8.09. The van der Waals surface area contributed by atoms with Crippen molar-refractivity contribution in [3.63, 3.8) is 0 Å². The molecule has 33 heavy (non-hydrogen) atoms. The van der Waals surface area contributed by atoms with Crippen molar-refractivity contribution < 1.29 is 14.3 Å². The zero-order valence-corrected chi connectivity index (χ0v) is 19.9. The first-order chi connectivity index (χ1) is 16.0. The van der Waals surface area contributed by atoms with Crippen LogP contribution in [0.1, 0.15) is 40.8 Å². The Morgan fingerprint density at radius 2 is 2.24 bits per heavy atom. The van der Waals surface area contributed by atoms with E-state index in [-0.39, 0.29) is 18.4 Å². The van der Waals surface area contributed by atoms with E-state index in [0.29, 0.717) is 28.4 Å². The van der Waals surface area contributed by atoms with Gasteiger partial charge in [-0.2, -0.15) is 5.26 Å². The minimum absolute atomic E-state index is 0.154. The highest BCUT2D eigenvalue weighted by atomic mass is 32.1. The molecular formula is C24H22N4O3S2. The number of nitrogens with one attached hydrogen (secondary N) is 1. The first-order valence-electron chi connectivity index (χ1n) is 10.9. The number of nitrogens with zero attached hydrogens (tertiary/aromatic N) is 3. The minimum Gasteiger partial charge on any atom is -0.478 e. The molecule has 168 valence electrons. The lowest BCUT2D eigenvalue weighted by molar-refractivity contribution is -0.128. The number of fused-ring (bicyclic) bond motifs is 2. The van der Waals surface area contributed by atoms with Gasteiger partial charge in [-0.1, -0.05) is 6.92 Å². The maximum atomic E-state index is 13.2. The van der Waals surface area contributed by atoms with Gasteiger partial charge in [-0.15, -0.1) is 22.7 Å². The molecule has 1 aromatic carbocycles. The van der Waals surface area contributed by atoms with Crippen molar-refractivity contribution in [1.29, 1.82) is 5.26 Å². The first-order valence-corrected chi connectivity index (χ1v) is 12.6. The summed E-state index contributed by atoms with van der Waals surface area (Å²) in [5.74, 6) is -0.0175. The molecule has 5 rings (SSSR count). The average molecular weight is 479 g/mol. The molecule has 7 nitrogen and oxygen atoms in total. The highest BCUT2D eigenvalue weighted by Crippen LogP contribution is 2.40. The van der Waals surface area contributed by atoms with Crippen LogP contribution >= 0.6 is 22.7 Å². The Bertz CT molecular complexity index is 1300. The van der Waals surface area contributed by atoms with Crippen LogP contribution < -0.4 is 15.0 Å². The lowest BCUT2D eigenvalue weighted by Crippen LogP contribution is -2.48. The molecule has 0 spiro atoms. The van der Waals surface area contributed by atoms with E-state index in [1.54, 1.807) is 11.3 Å². The van der Waals surface area contributed by atoms with E-state index in [1.165, 1.54) is 21.1 Å². The first kappa shape index (κ1) is 21.6. The summed E-state index contributed by atoms with van der Waals surface area (Å²) in [5.41, 5.74) is 3.84. The van der Waals surface area contributed by atoms with E-state index in [4.69, 9.17) is 4.74 Å². The summed E-state index contributed by atoms with van der Waals surface area (Å²) in [4.78, 5) is 33.4. The summed E-state index contributed by atoms with van der Waals surface area (Å²) in [6.07, 6.45) is 2.72. The lowest BCUT2D eigenvalue weighted by atomic mass is 10.1. The lowest BCUT2D eigenvalue weighted by Gasteiger charge is -2.34. The van der Waals surface area contributed by atoms with Crippen LogP contribution in [0.15, 0.2) is 23.6 Å². The highest BCUT2D eigenvalue weighted by molar-refractivity contribution is 7.16. The molecule has 0 saturated carbocycles. The number of thiazole rings is 1. The second-order valence-corrected chi connectivity index (χ2v) is 10.3. The van der Waals surface area contributed by atoms with Crippen LogP contribution in [0.25, 0.3) is 11.3 Å². The summed E-state index contributed by atoms with van der Waals surface area (Å²) in [6, 6.07) is 7.84. The van der Waals surface area contributed by atoms with Crippen LogP contribution in [0.4, 0.5) is 10.7 Å². The maximum Gasteiger partial charge on any atom is 0.268 e. The van der Waals surface area contributed by atoms with Crippen molar-refractivity contribution in [2.75, 3.05) is 16.8 Å². The summed E-state index contributed by atoms with van der Waals surface area (Å²) in [6.45, 7) is 3.67. The van der Waals surface area contributed by atoms with Crippen molar-refractivity contribution in [2.45, 2.75) is 45.6 Å². The number of thiophene rings is 1. The van der Waals surface area contributed by atoms with Crippen molar-refractivity contribution in [3.8, 4) is 23.1 Å². The number of hydrogen-bond donors (Lipinski definition) is 1. The molecule has 0 bridgehead atoms. The van der Waals surface area contributed by atoms with Crippen molar-refractivity contribution in [2.24, 2.45) is 0 Å². The molecule has 0 saturated heterocycles. The fourth-order valence-electron chi connectivity index (χ4n) is 4.32. The highest BCUT2D eigenvalue weighted by Gasteiger charge is 2.35. The molecule has 2 aliphatic rings. The largest absolute Gasteiger partial charge is 0.478 e. The van der Waals surface area contributed by atoms with Crippen LogP contribution in [0.2, 0.25) is 0 Å². The Morgan fingerprint density at radius 1 is 1.39 bits per heavy atom. The maximum absolute atomic E-state index is 13.2. The number of aromatic nitrogens is 1. The van der Waals surface area contributed by atoms with Crippen LogP contribution in [-0.4, -0.2) is 29.4 Å². The van der Waals surface area contributed by atoms with Crippen molar-refractivity contribution in [3.05, 3.63) is 44.6 Å². The Labute approximate surface area is 199 Å². The van der Waals surface area contributed by atoms with Crippen LogP contribution in [0.5, 0.6) is 5.75 Å². The number of anilines is 2. The Morgan fingerprint density at radius 3 is 2.97 bits per heavy atom.